The molecule has 2 aromatic rings. The van der Waals surface area contributed by atoms with E-state index >= 15 is 0 Å². The molecule has 6 heteroatoms. The minimum absolute atomic E-state index is 0. The van der Waals surface area contributed by atoms with Gasteiger partial charge in [-0.2, -0.15) is 5.10 Å². The summed E-state index contributed by atoms with van der Waals surface area (Å²) >= 11 is 0. The zero-order valence-electron chi connectivity index (χ0n) is 9.06. The van der Waals surface area contributed by atoms with E-state index in [0.717, 1.165) is 29.4 Å². The Morgan fingerprint density at radius 1 is 1.47 bits per heavy atom. The van der Waals surface area contributed by atoms with Gasteiger partial charge >= 0.3 is 0 Å². The van der Waals surface area contributed by atoms with Crippen molar-refractivity contribution in [3.8, 4) is 0 Å². The number of carbonyl (C=O) groups is 1. The first-order chi connectivity index (χ1) is 7.67. The lowest BCUT2D eigenvalue weighted by Gasteiger charge is -2.09. The second-order valence-corrected chi connectivity index (χ2v) is 4.28. The normalized spacial score (nSPS) is 16.3. The molecule has 0 atom stereocenters. The Hall–Kier alpha value is -1.59. The Kier molecular flexibility index (Phi) is 2.81. The first-order valence-corrected chi connectivity index (χ1v) is 5.21. The first-order valence-electron chi connectivity index (χ1n) is 5.21. The number of halogens is 1. The number of nitrogens with two attached hydrogens (primary N) is 1. The van der Waals surface area contributed by atoms with Crippen LogP contribution in [-0.4, -0.2) is 21.6 Å². The molecular formula is C11H13ClN4O. The van der Waals surface area contributed by atoms with Crippen LogP contribution >= 0.6 is 12.4 Å². The molecule has 1 fully saturated rings. The van der Waals surface area contributed by atoms with Crippen molar-refractivity contribution in [3.63, 3.8) is 0 Å². The minimum Gasteiger partial charge on any atom is -0.324 e. The molecule has 1 aromatic heterocycles. The van der Waals surface area contributed by atoms with E-state index in [1.807, 2.05) is 18.2 Å². The van der Waals surface area contributed by atoms with Crippen LogP contribution in [0.15, 0.2) is 24.4 Å². The Morgan fingerprint density at radius 3 is 2.94 bits per heavy atom. The van der Waals surface area contributed by atoms with Crippen LogP contribution in [-0.2, 0) is 4.79 Å². The van der Waals surface area contributed by atoms with E-state index in [0.29, 0.717) is 0 Å². The Labute approximate surface area is 104 Å². The van der Waals surface area contributed by atoms with Gasteiger partial charge < -0.3 is 11.1 Å². The fourth-order valence-electron chi connectivity index (χ4n) is 1.63. The highest BCUT2D eigenvalue weighted by molar-refractivity contribution is 6.01. The van der Waals surface area contributed by atoms with Crippen molar-refractivity contribution in [2.24, 2.45) is 5.73 Å². The molecule has 4 N–H and O–H groups in total. The molecule has 0 radical (unpaired) electrons. The second-order valence-electron chi connectivity index (χ2n) is 4.28. The van der Waals surface area contributed by atoms with Crippen LogP contribution in [0.2, 0.25) is 0 Å². The van der Waals surface area contributed by atoms with E-state index < -0.39 is 5.54 Å². The van der Waals surface area contributed by atoms with Gasteiger partial charge in [-0.05, 0) is 31.0 Å². The van der Waals surface area contributed by atoms with Gasteiger partial charge in [0.2, 0.25) is 5.91 Å². The van der Waals surface area contributed by atoms with Crippen LogP contribution in [0.4, 0.5) is 5.69 Å². The van der Waals surface area contributed by atoms with Gasteiger partial charge in [0.15, 0.2) is 0 Å². The van der Waals surface area contributed by atoms with E-state index in [9.17, 15) is 4.79 Å². The smallest absolute Gasteiger partial charge is 0.244 e. The maximum Gasteiger partial charge on any atom is 0.244 e. The summed E-state index contributed by atoms with van der Waals surface area (Å²) in [5, 5.41) is 10.6. The molecule has 0 spiro atoms. The van der Waals surface area contributed by atoms with Gasteiger partial charge in [-0.3, -0.25) is 9.89 Å². The van der Waals surface area contributed by atoms with E-state index in [1.54, 1.807) is 6.20 Å². The maximum atomic E-state index is 11.7. The number of benzene rings is 1. The number of nitrogens with one attached hydrogen (secondary N) is 2. The van der Waals surface area contributed by atoms with Gasteiger partial charge in [-0.1, -0.05) is 0 Å². The van der Waals surface area contributed by atoms with Gasteiger partial charge in [0.25, 0.3) is 0 Å². The van der Waals surface area contributed by atoms with E-state index in [2.05, 4.69) is 15.5 Å². The van der Waals surface area contributed by atoms with Crippen LogP contribution in [0, 0.1) is 0 Å². The van der Waals surface area contributed by atoms with Gasteiger partial charge in [0, 0.05) is 11.1 Å². The minimum atomic E-state index is -0.636. The zero-order chi connectivity index (χ0) is 11.2. The monoisotopic (exact) mass is 252 g/mol. The van der Waals surface area contributed by atoms with Crippen molar-refractivity contribution in [3.05, 3.63) is 24.4 Å². The Morgan fingerprint density at radius 2 is 2.24 bits per heavy atom. The lowest BCUT2D eigenvalue weighted by atomic mass is 10.2. The lowest BCUT2D eigenvalue weighted by molar-refractivity contribution is -0.118. The molecule has 0 saturated heterocycles. The van der Waals surface area contributed by atoms with Crippen molar-refractivity contribution in [1.29, 1.82) is 0 Å². The summed E-state index contributed by atoms with van der Waals surface area (Å²) in [6, 6.07) is 5.61. The van der Waals surface area contributed by atoms with Gasteiger partial charge in [0.1, 0.15) is 0 Å². The molecule has 0 bridgehead atoms. The van der Waals surface area contributed by atoms with Crippen LogP contribution in [0.1, 0.15) is 12.8 Å². The number of hydrogen-bond donors (Lipinski definition) is 3. The highest BCUT2D eigenvalue weighted by atomic mass is 35.5. The largest absolute Gasteiger partial charge is 0.324 e. The number of aromatic nitrogens is 2. The van der Waals surface area contributed by atoms with E-state index in [4.69, 9.17) is 5.73 Å². The van der Waals surface area contributed by atoms with Crippen LogP contribution < -0.4 is 11.1 Å². The average Bonchev–Trinajstić information content (AvgIpc) is 2.87. The van der Waals surface area contributed by atoms with Crippen molar-refractivity contribution in [2.45, 2.75) is 18.4 Å². The molecule has 17 heavy (non-hydrogen) atoms. The molecule has 90 valence electrons. The molecule has 1 aromatic carbocycles. The van der Waals surface area contributed by atoms with Crippen LogP contribution in [0.3, 0.4) is 0 Å². The third kappa shape index (κ3) is 2.11. The second kappa shape index (κ2) is 4.01. The first kappa shape index (κ1) is 11.9. The van der Waals surface area contributed by atoms with Crippen LogP contribution in [0.25, 0.3) is 10.9 Å². The number of nitrogens with zero attached hydrogens (tertiary/aromatic N) is 1. The van der Waals surface area contributed by atoms with Gasteiger partial charge in [-0.25, -0.2) is 0 Å². The number of aromatic amines is 1. The van der Waals surface area contributed by atoms with Gasteiger partial charge in [-0.15, -0.1) is 12.4 Å². The number of rotatable bonds is 2. The number of fused-ring (bicyclic) bond motifs is 1. The number of H-pyrrole nitrogens is 1. The molecule has 0 unspecified atom stereocenters. The average molecular weight is 253 g/mol. The standard InChI is InChI=1S/C11H12N4O.ClH/c12-11(3-4-11)10(16)14-8-2-1-7-6-13-15-9(7)5-8;/h1-2,5-6H,3-4,12H2,(H,13,15)(H,14,16);1H. The Bertz CT molecular complexity index is 561. The summed E-state index contributed by atoms with van der Waals surface area (Å²) in [6.07, 6.45) is 3.28. The highest BCUT2D eigenvalue weighted by Gasteiger charge is 2.45. The van der Waals surface area contributed by atoms with Crippen molar-refractivity contribution < 1.29 is 4.79 Å². The molecule has 1 heterocycles. The SMILES string of the molecule is Cl.NC1(C(=O)Nc2ccc3cn[nH]c3c2)CC1. The molecule has 0 aliphatic heterocycles. The third-order valence-corrected chi connectivity index (χ3v) is 2.94. The summed E-state index contributed by atoms with van der Waals surface area (Å²) < 4.78 is 0. The van der Waals surface area contributed by atoms with Gasteiger partial charge in [0.05, 0.1) is 17.3 Å². The van der Waals surface area contributed by atoms with Crippen LogP contribution in [0.5, 0.6) is 0 Å². The summed E-state index contributed by atoms with van der Waals surface area (Å²) in [6.45, 7) is 0. The van der Waals surface area contributed by atoms with Crippen molar-refractivity contribution in [1.82, 2.24) is 10.2 Å². The molecule has 3 rings (SSSR count). The topological polar surface area (TPSA) is 83.8 Å². The number of hydrogen-bond acceptors (Lipinski definition) is 3. The van der Waals surface area contributed by atoms with E-state index in [-0.39, 0.29) is 18.3 Å². The van der Waals surface area contributed by atoms with Crippen molar-refractivity contribution in [2.75, 3.05) is 5.32 Å². The fourth-order valence-corrected chi connectivity index (χ4v) is 1.63. The molecular weight excluding hydrogens is 240 g/mol. The number of anilines is 1. The lowest BCUT2D eigenvalue weighted by Crippen LogP contribution is -2.37. The van der Waals surface area contributed by atoms with Crippen molar-refractivity contribution >= 4 is 34.9 Å². The molecule has 1 aliphatic rings. The highest BCUT2D eigenvalue weighted by Crippen LogP contribution is 2.33. The summed E-state index contributed by atoms with van der Waals surface area (Å²) in [4.78, 5) is 11.7. The fraction of sp³-hybridized carbons (Fsp3) is 0.273. The third-order valence-electron chi connectivity index (χ3n) is 2.94. The number of amides is 1. The maximum absolute atomic E-state index is 11.7. The Balaban J connectivity index is 0.00000108. The van der Waals surface area contributed by atoms with E-state index in [1.165, 1.54) is 0 Å². The zero-order valence-corrected chi connectivity index (χ0v) is 9.88. The summed E-state index contributed by atoms with van der Waals surface area (Å²) in [5.41, 5.74) is 6.81. The molecule has 1 amide bonds. The summed E-state index contributed by atoms with van der Waals surface area (Å²) in [7, 11) is 0. The summed E-state index contributed by atoms with van der Waals surface area (Å²) in [5.74, 6) is -0.105. The molecule has 1 saturated carbocycles. The predicted octanol–water partition coefficient (Wildman–Crippen LogP) is 1.41. The molecule has 5 nitrogen and oxygen atoms in total. The number of carbonyl (C=O) groups excluding carboxylic acids is 1. The molecule has 1 aliphatic carbocycles. The predicted molar refractivity (Wildman–Crippen MR) is 68.1 cm³/mol. The quantitative estimate of drug-likeness (QED) is 0.756.